The second-order valence-electron chi connectivity index (χ2n) is 4.08. The number of hydrogen-bond donors (Lipinski definition) is 0. The van der Waals surface area contributed by atoms with Crippen molar-refractivity contribution in [3.05, 3.63) is 43.4 Å². The SMILES string of the molecule is CCOC(=O)c1sc(-c2cc([N+](=O)[O-])ccc2Br)nc1C. The van der Waals surface area contributed by atoms with Gasteiger partial charge in [-0.25, -0.2) is 9.78 Å². The van der Waals surface area contributed by atoms with Crippen molar-refractivity contribution in [2.24, 2.45) is 0 Å². The Kier molecular flexibility index (Phi) is 4.69. The van der Waals surface area contributed by atoms with E-state index in [0.29, 0.717) is 25.6 Å². The number of nitro groups is 1. The summed E-state index contributed by atoms with van der Waals surface area (Å²) in [6.07, 6.45) is 0. The standard InChI is InChI=1S/C13H11BrN2O4S/c1-3-20-13(17)11-7(2)15-12(21-11)9-6-8(16(18)19)4-5-10(9)14/h4-6H,3H2,1-2H3. The van der Waals surface area contributed by atoms with Crippen molar-refractivity contribution in [1.29, 1.82) is 0 Å². The smallest absolute Gasteiger partial charge is 0.350 e. The van der Waals surface area contributed by atoms with Crippen LogP contribution in [0.25, 0.3) is 10.6 Å². The first kappa shape index (κ1) is 15.6. The predicted molar refractivity (Wildman–Crippen MR) is 82.6 cm³/mol. The lowest BCUT2D eigenvalue weighted by atomic mass is 10.2. The number of aromatic nitrogens is 1. The summed E-state index contributed by atoms with van der Waals surface area (Å²) in [6, 6.07) is 4.42. The maximum absolute atomic E-state index is 11.8. The molecule has 0 aliphatic rings. The second-order valence-corrected chi connectivity index (χ2v) is 5.93. The third-order valence-electron chi connectivity index (χ3n) is 2.65. The number of carbonyl (C=O) groups excluding carboxylic acids is 1. The van der Waals surface area contributed by atoms with Crippen molar-refractivity contribution in [2.75, 3.05) is 6.61 Å². The van der Waals surface area contributed by atoms with Gasteiger partial charge in [0.15, 0.2) is 0 Å². The molecule has 1 heterocycles. The fourth-order valence-electron chi connectivity index (χ4n) is 1.69. The van der Waals surface area contributed by atoms with Gasteiger partial charge in [0.2, 0.25) is 0 Å². The molecule has 0 spiro atoms. The van der Waals surface area contributed by atoms with Crippen LogP contribution in [0.5, 0.6) is 0 Å². The minimum absolute atomic E-state index is 0.0289. The van der Waals surface area contributed by atoms with E-state index >= 15 is 0 Å². The molecule has 0 radical (unpaired) electrons. The molecule has 110 valence electrons. The Bertz CT molecular complexity index is 714. The first-order chi connectivity index (χ1) is 9.93. The number of rotatable bonds is 4. The number of aryl methyl sites for hydroxylation is 1. The summed E-state index contributed by atoms with van der Waals surface area (Å²) in [7, 11) is 0. The van der Waals surface area contributed by atoms with Crippen LogP contribution in [0.2, 0.25) is 0 Å². The van der Waals surface area contributed by atoms with Crippen LogP contribution in [0.3, 0.4) is 0 Å². The summed E-state index contributed by atoms with van der Waals surface area (Å²) in [5.41, 5.74) is 1.10. The van der Waals surface area contributed by atoms with Gasteiger partial charge in [0, 0.05) is 22.2 Å². The molecule has 0 N–H and O–H groups in total. The highest BCUT2D eigenvalue weighted by Gasteiger charge is 2.20. The highest BCUT2D eigenvalue weighted by Crippen LogP contribution is 2.35. The molecule has 2 aromatic rings. The number of halogens is 1. The van der Waals surface area contributed by atoms with Crippen molar-refractivity contribution < 1.29 is 14.5 Å². The van der Waals surface area contributed by atoms with Gasteiger partial charge >= 0.3 is 5.97 Å². The van der Waals surface area contributed by atoms with E-state index in [1.54, 1.807) is 19.9 Å². The van der Waals surface area contributed by atoms with Crippen LogP contribution >= 0.6 is 27.3 Å². The van der Waals surface area contributed by atoms with E-state index in [-0.39, 0.29) is 12.3 Å². The average Bonchev–Trinajstić information content (AvgIpc) is 2.81. The largest absolute Gasteiger partial charge is 0.462 e. The van der Waals surface area contributed by atoms with E-state index in [1.807, 2.05) is 0 Å². The third-order valence-corrected chi connectivity index (χ3v) is 4.51. The van der Waals surface area contributed by atoms with E-state index in [4.69, 9.17) is 4.74 Å². The maximum atomic E-state index is 11.8. The molecule has 0 atom stereocenters. The van der Waals surface area contributed by atoms with Crippen LogP contribution in [0.1, 0.15) is 22.3 Å². The van der Waals surface area contributed by atoms with Crippen molar-refractivity contribution in [2.45, 2.75) is 13.8 Å². The molecule has 2 rings (SSSR count). The number of carbonyl (C=O) groups is 1. The van der Waals surface area contributed by atoms with Crippen LogP contribution in [-0.4, -0.2) is 22.5 Å². The Balaban J connectivity index is 2.48. The lowest BCUT2D eigenvalue weighted by Gasteiger charge is -2.00. The van der Waals surface area contributed by atoms with Crippen molar-refractivity contribution in [3.63, 3.8) is 0 Å². The quantitative estimate of drug-likeness (QED) is 0.462. The molecule has 0 bridgehead atoms. The Hall–Kier alpha value is -1.80. The van der Waals surface area contributed by atoms with Gasteiger partial charge in [-0.05, 0) is 19.9 Å². The molecule has 0 aliphatic heterocycles. The molecule has 6 nitrogen and oxygen atoms in total. The molecule has 21 heavy (non-hydrogen) atoms. The van der Waals surface area contributed by atoms with E-state index in [1.165, 1.54) is 12.1 Å². The Morgan fingerprint density at radius 2 is 2.24 bits per heavy atom. The molecule has 0 saturated heterocycles. The van der Waals surface area contributed by atoms with Gasteiger partial charge in [-0.1, -0.05) is 15.9 Å². The third kappa shape index (κ3) is 3.27. The maximum Gasteiger partial charge on any atom is 0.350 e. The fraction of sp³-hybridized carbons (Fsp3) is 0.231. The molecule has 0 aliphatic carbocycles. The van der Waals surface area contributed by atoms with Crippen LogP contribution in [0.15, 0.2) is 22.7 Å². The number of benzene rings is 1. The summed E-state index contributed by atoms with van der Waals surface area (Å²) < 4.78 is 5.64. The van der Waals surface area contributed by atoms with Gasteiger partial charge in [0.05, 0.1) is 17.2 Å². The topological polar surface area (TPSA) is 82.3 Å². The minimum Gasteiger partial charge on any atom is -0.462 e. The van der Waals surface area contributed by atoms with Gasteiger partial charge in [0.1, 0.15) is 9.88 Å². The van der Waals surface area contributed by atoms with Gasteiger partial charge in [0.25, 0.3) is 5.69 Å². The molecule has 0 saturated carbocycles. The summed E-state index contributed by atoms with van der Waals surface area (Å²) in [5, 5.41) is 11.4. The molecule has 0 amide bonds. The molecular weight excluding hydrogens is 360 g/mol. The number of esters is 1. The highest BCUT2D eigenvalue weighted by molar-refractivity contribution is 9.10. The number of nitrogens with zero attached hydrogens (tertiary/aromatic N) is 2. The second kappa shape index (κ2) is 6.31. The zero-order valence-corrected chi connectivity index (χ0v) is 13.7. The first-order valence-electron chi connectivity index (χ1n) is 6.03. The number of hydrogen-bond acceptors (Lipinski definition) is 6. The number of thiazole rings is 1. The van der Waals surface area contributed by atoms with Gasteiger partial charge in [-0.15, -0.1) is 11.3 Å². The van der Waals surface area contributed by atoms with E-state index in [9.17, 15) is 14.9 Å². The Morgan fingerprint density at radius 3 is 2.86 bits per heavy atom. The molecular formula is C13H11BrN2O4S. The first-order valence-corrected chi connectivity index (χ1v) is 7.63. The highest BCUT2D eigenvalue weighted by atomic mass is 79.9. The Morgan fingerprint density at radius 1 is 1.52 bits per heavy atom. The van der Waals surface area contributed by atoms with E-state index < -0.39 is 10.9 Å². The summed E-state index contributed by atoms with van der Waals surface area (Å²) in [4.78, 5) is 26.9. The van der Waals surface area contributed by atoms with Crippen LogP contribution in [-0.2, 0) is 4.74 Å². The van der Waals surface area contributed by atoms with Crippen LogP contribution in [0, 0.1) is 17.0 Å². The predicted octanol–water partition coefficient (Wildman–Crippen LogP) is 3.97. The average molecular weight is 371 g/mol. The zero-order valence-electron chi connectivity index (χ0n) is 11.3. The Labute approximate surface area is 133 Å². The van der Waals surface area contributed by atoms with Crippen LogP contribution in [0.4, 0.5) is 5.69 Å². The molecule has 8 heteroatoms. The van der Waals surface area contributed by atoms with Crippen molar-refractivity contribution >= 4 is 38.9 Å². The lowest BCUT2D eigenvalue weighted by Crippen LogP contribution is -2.03. The van der Waals surface area contributed by atoms with E-state index in [0.717, 1.165) is 11.3 Å². The zero-order chi connectivity index (χ0) is 15.6. The van der Waals surface area contributed by atoms with Gasteiger partial charge in [-0.3, -0.25) is 10.1 Å². The van der Waals surface area contributed by atoms with Crippen molar-refractivity contribution in [1.82, 2.24) is 4.98 Å². The summed E-state index contributed by atoms with van der Waals surface area (Å²) in [6.45, 7) is 3.72. The number of ether oxygens (including phenoxy) is 1. The fourth-order valence-corrected chi connectivity index (χ4v) is 3.24. The number of nitro benzene ring substituents is 1. The normalized spacial score (nSPS) is 10.4. The minimum atomic E-state index is -0.470. The monoisotopic (exact) mass is 370 g/mol. The molecule has 0 unspecified atom stereocenters. The molecule has 0 fully saturated rings. The molecule has 1 aromatic heterocycles. The van der Waals surface area contributed by atoms with Crippen LogP contribution < -0.4 is 0 Å². The van der Waals surface area contributed by atoms with Gasteiger partial charge < -0.3 is 4.74 Å². The number of non-ortho nitro benzene ring substituents is 1. The van der Waals surface area contributed by atoms with E-state index in [2.05, 4.69) is 20.9 Å². The lowest BCUT2D eigenvalue weighted by molar-refractivity contribution is -0.384. The van der Waals surface area contributed by atoms with Crippen molar-refractivity contribution in [3.8, 4) is 10.6 Å². The summed E-state index contributed by atoms with van der Waals surface area (Å²) in [5.74, 6) is -0.430. The van der Waals surface area contributed by atoms with Gasteiger partial charge in [-0.2, -0.15) is 0 Å². The molecule has 1 aromatic carbocycles. The summed E-state index contributed by atoms with van der Waals surface area (Å²) >= 11 is 4.50.